The van der Waals surface area contributed by atoms with E-state index in [4.69, 9.17) is 10.00 Å². The molecule has 1 saturated heterocycles. The molecule has 0 bridgehead atoms. The zero-order chi connectivity index (χ0) is 12.7. The maximum absolute atomic E-state index is 11.7. The third kappa shape index (κ3) is 4.87. The van der Waals surface area contributed by atoms with Crippen LogP contribution < -0.4 is 5.32 Å². The Kier molecular flexibility index (Phi) is 5.50. The van der Waals surface area contributed by atoms with Crippen molar-refractivity contribution < 1.29 is 9.53 Å². The van der Waals surface area contributed by atoms with Gasteiger partial charge in [0.1, 0.15) is 11.6 Å². The Hall–Kier alpha value is -1.54. The van der Waals surface area contributed by atoms with Gasteiger partial charge in [-0.05, 0) is 5.92 Å². The molecule has 0 radical (unpaired) electrons. The van der Waals surface area contributed by atoms with E-state index in [9.17, 15) is 4.79 Å². The van der Waals surface area contributed by atoms with Crippen LogP contribution in [0.2, 0.25) is 0 Å². The molecule has 1 rings (SSSR count). The van der Waals surface area contributed by atoms with Crippen LogP contribution in [-0.2, 0) is 9.53 Å². The number of ether oxygens (including phenoxy) is 1. The molecule has 1 heterocycles. The van der Waals surface area contributed by atoms with Gasteiger partial charge in [0.25, 0.3) is 5.91 Å². The molecule has 5 heteroatoms. The van der Waals surface area contributed by atoms with E-state index in [0.717, 1.165) is 13.1 Å². The van der Waals surface area contributed by atoms with Crippen molar-refractivity contribution in [2.24, 2.45) is 5.92 Å². The van der Waals surface area contributed by atoms with E-state index in [-0.39, 0.29) is 11.5 Å². The topological polar surface area (TPSA) is 65.4 Å². The molecule has 0 aliphatic carbocycles. The first kappa shape index (κ1) is 13.5. The van der Waals surface area contributed by atoms with Crippen LogP contribution in [0.1, 0.15) is 13.8 Å². The summed E-state index contributed by atoms with van der Waals surface area (Å²) in [6.07, 6.45) is 1.62. The maximum atomic E-state index is 11.7. The van der Waals surface area contributed by atoms with Gasteiger partial charge in [-0.2, -0.15) is 5.26 Å². The van der Waals surface area contributed by atoms with Gasteiger partial charge in [0.2, 0.25) is 0 Å². The number of morpholine rings is 1. The molecule has 0 saturated carbocycles. The van der Waals surface area contributed by atoms with Gasteiger partial charge in [0, 0.05) is 25.8 Å². The molecule has 0 aromatic rings. The second-order valence-electron chi connectivity index (χ2n) is 4.41. The number of hydrogen-bond donors (Lipinski definition) is 1. The van der Waals surface area contributed by atoms with Gasteiger partial charge in [0.15, 0.2) is 0 Å². The molecule has 0 aromatic carbocycles. The molecule has 1 aliphatic heterocycles. The number of rotatable bonds is 4. The van der Waals surface area contributed by atoms with Crippen LogP contribution in [0.5, 0.6) is 0 Å². The normalized spacial score (nSPS) is 16.8. The van der Waals surface area contributed by atoms with Gasteiger partial charge in [-0.25, -0.2) is 0 Å². The first-order chi connectivity index (χ1) is 8.13. The van der Waals surface area contributed by atoms with Crippen molar-refractivity contribution >= 4 is 5.91 Å². The van der Waals surface area contributed by atoms with E-state index >= 15 is 0 Å². The minimum Gasteiger partial charge on any atom is -0.378 e. The molecule has 0 spiro atoms. The summed E-state index contributed by atoms with van der Waals surface area (Å²) in [5.74, 6) is 0.0787. The Morgan fingerprint density at radius 1 is 1.53 bits per heavy atom. The fourth-order valence-corrected chi connectivity index (χ4v) is 1.42. The highest BCUT2D eigenvalue weighted by Crippen LogP contribution is 2.02. The smallest absolute Gasteiger partial charge is 0.263 e. The van der Waals surface area contributed by atoms with Crippen molar-refractivity contribution in [3.8, 4) is 6.07 Å². The molecule has 0 aromatic heterocycles. The molecular weight excluding hydrogens is 218 g/mol. The summed E-state index contributed by atoms with van der Waals surface area (Å²) in [5, 5.41) is 11.7. The fourth-order valence-electron chi connectivity index (χ4n) is 1.42. The van der Waals surface area contributed by atoms with Crippen molar-refractivity contribution in [1.82, 2.24) is 10.2 Å². The van der Waals surface area contributed by atoms with Crippen molar-refractivity contribution in [2.75, 3.05) is 32.8 Å². The van der Waals surface area contributed by atoms with E-state index in [1.54, 1.807) is 6.20 Å². The lowest BCUT2D eigenvalue weighted by molar-refractivity contribution is -0.117. The number of nitrogens with zero attached hydrogens (tertiary/aromatic N) is 2. The van der Waals surface area contributed by atoms with E-state index in [1.165, 1.54) is 0 Å². The standard InChI is InChI=1S/C12H19N3O2/c1-10(2)8-14-12(16)11(7-13)9-15-3-5-17-6-4-15/h9-10H,3-6,8H2,1-2H3,(H,14,16)/b11-9-. The predicted molar refractivity (Wildman–Crippen MR) is 63.9 cm³/mol. The van der Waals surface area contributed by atoms with Crippen LogP contribution in [0.4, 0.5) is 0 Å². The maximum Gasteiger partial charge on any atom is 0.263 e. The lowest BCUT2D eigenvalue weighted by Gasteiger charge is -2.25. The number of carbonyl (C=O) groups is 1. The highest BCUT2D eigenvalue weighted by molar-refractivity contribution is 5.97. The van der Waals surface area contributed by atoms with Crippen LogP contribution in [0.15, 0.2) is 11.8 Å². The summed E-state index contributed by atoms with van der Waals surface area (Å²) in [5.41, 5.74) is 0.160. The molecule has 0 atom stereocenters. The van der Waals surface area contributed by atoms with Crippen LogP contribution in [0.25, 0.3) is 0 Å². The zero-order valence-electron chi connectivity index (χ0n) is 10.4. The van der Waals surface area contributed by atoms with E-state index in [1.807, 2.05) is 24.8 Å². The summed E-state index contributed by atoms with van der Waals surface area (Å²) in [7, 11) is 0. The number of hydrogen-bond acceptors (Lipinski definition) is 4. The van der Waals surface area contributed by atoms with E-state index in [0.29, 0.717) is 25.7 Å². The first-order valence-electron chi connectivity index (χ1n) is 5.85. The van der Waals surface area contributed by atoms with Crippen molar-refractivity contribution in [3.63, 3.8) is 0 Å². The fraction of sp³-hybridized carbons (Fsp3) is 0.667. The largest absolute Gasteiger partial charge is 0.378 e. The monoisotopic (exact) mass is 237 g/mol. The number of nitrogens with one attached hydrogen (secondary N) is 1. The summed E-state index contributed by atoms with van der Waals surface area (Å²) >= 11 is 0. The summed E-state index contributed by atoms with van der Waals surface area (Å²) in [6.45, 7) is 7.34. The highest BCUT2D eigenvalue weighted by Gasteiger charge is 2.13. The summed E-state index contributed by atoms with van der Waals surface area (Å²) in [4.78, 5) is 13.6. The first-order valence-corrected chi connectivity index (χ1v) is 5.85. The quantitative estimate of drug-likeness (QED) is 0.571. The SMILES string of the molecule is CC(C)CNC(=O)/C(C#N)=C\N1CCOCC1. The predicted octanol–water partition coefficient (Wildman–Crippen LogP) is 0.498. The van der Waals surface area contributed by atoms with Gasteiger partial charge < -0.3 is 15.0 Å². The molecule has 1 amide bonds. The average Bonchev–Trinajstić information content (AvgIpc) is 2.34. The van der Waals surface area contributed by atoms with Crippen LogP contribution in [-0.4, -0.2) is 43.7 Å². The van der Waals surface area contributed by atoms with Crippen molar-refractivity contribution in [3.05, 3.63) is 11.8 Å². The number of amides is 1. The lowest BCUT2D eigenvalue weighted by Crippen LogP contribution is -2.34. The van der Waals surface area contributed by atoms with Gasteiger partial charge in [-0.3, -0.25) is 4.79 Å². The van der Waals surface area contributed by atoms with Gasteiger partial charge in [-0.1, -0.05) is 13.8 Å². The third-order valence-corrected chi connectivity index (χ3v) is 2.39. The molecule has 17 heavy (non-hydrogen) atoms. The molecule has 1 fully saturated rings. The van der Waals surface area contributed by atoms with Gasteiger partial charge in [0.05, 0.1) is 13.2 Å². The molecule has 94 valence electrons. The molecule has 0 unspecified atom stereocenters. The van der Waals surface area contributed by atoms with E-state index < -0.39 is 0 Å². The minimum atomic E-state index is -0.298. The zero-order valence-corrected chi connectivity index (χ0v) is 10.4. The molecular formula is C12H19N3O2. The van der Waals surface area contributed by atoms with Gasteiger partial charge >= 0.3 is 0 Å². The van der Waals surface area contributed by atoms with Gasteiger partial charge in [-0.15, -0.1) is 0 Å². The Labute approximate surface area is 102 Å². The summed E-state index contributed by atoms with van der Waals surface area (Å²) in [6, 6.07) is 1.94. The van der Waals surface area contributed by atoms with E-state index in [2.05, 4.69) is 5.32 Å². The third-order valence-electron chi connectivity index (χ3n) is 2.39. The van der Waals surface area contributed by atoms with Crippen LogP contribution in [0.3, 0.4) is 0 Å². The minimum absolute atomic E-state index is 0.160. The molecule has 1 aliphatic rings. The average molecular weight is 237 g/mol. The second kappa shape index (κ2) is 6.92. The van der Waals surface area contributed by atoms with Crippen molar-refractivity contribution in [2.45, 2.75) is 13.8 Å². The lowest BCUT2D eigenvalue weighted by atomic mass is 10.2. The Morgan fingerprint density at radius 2 is 2.18 bits per heavy atom. The second-order valence-corrected chi connectivity index (χ2v) is 4.41. The Bertz CT molecular complexity index is 325. The van der Waals surface area contributed by atoms with Crippen molar-refractivity contribution in [1.29, 1.82) is 5.26 Å². The van der Waals surface area contributed by atoms with Crippen LogP contribution >= 0.6 is 0 Å². The number of carbonyl (C=O) groups excluding carboxylic acids is 1. The molecule has 1 N–H and O–H groups in total. The molecule has 5 nitrogen and oxygen atoms in total. The Morgan fingerprint density at radius 3 is 2.71 bits per heavy atom. The Balaban J connectivity index is 2.54. The summed E-state index contributed by atoms with van der Waals surface area (Å²) < 4.78 is 5.20. The van der Waals surface area contributed by atoms with Crippen LogP contribution in [0, 0.1) is 17.2 Å². The highest BCUT2D eigenvalue weighted by atomic mass is 16.5. The number of nitriles is 1.